The van der Waals surface area contributed by atoms with E-state index in [9.17, 15) is 9.59 Å². The van der Waals surface area contributed by atoms with Crippen molar-refractivity contribution in [2.75, 3.05) is 26.7 Å². The lowest BCUT2D eigenvalue weighted by Crippen LogP contribution is -2.55. The topological polar surface area (TPSA) is 58.6 Å². The van der Waals surface area contributed by atoms with Gasteiger partial charge in [-0.1, -0.05) is 6.08 Å². The molecule has 0 radical (unpaired) electrons. The molecule has 0 bridgehead atoms. The number of hydrogen-bond acceptors (Lipinski definition) is 4. The molecule has 1 fully saturated rings. The van der Waals surface area contributed by atoms with E-state index in [0.29, 0.717) is 19.6 Å². The molecule has 1 aliphatic rings. The molecule has 0 aromatic heterocycles. The number of halogens is 1. The molecule has 1 N–H and O–H groups in total. The highest BCUT2D eigenvalue weighted by molar-refractivity contribution is 5.87. The second-order valence-electron chi connectivity index (χ2n) is 3.36. The molecule has 1 amide bonds. The number of amides is 1. The zero-order chi connectivity index (χ0) is 11.3. The number of esters is 1. The lowest BCUT2D eigenvalue weighted by atomic mass is 10.1. The molecule has 0 aliphatic carbocycles. The number of methoxy groups -OCH3 is 1. The van der Waals surface area contributed by atoms with Crippen LogP contribution in [0, 0.1) is 0 Å². The average Bonchev–Trinajstić information content (AvgIpc) is 2.24. The third kappa shape index (κ3) is 3.83. The maximum absolute atomic E-state index is 11.8. The minimum absolute atomic E-state index is 0. The van der Waals surface area contributed by atoms with E-state index in [1.54, 1.807) is 11.0 Å². The van der Waals surface area contributed by atoms with Crippen LogP contribution in [0.5, 0.6) is 0 Å². The van der Waals surface area contributed by atoms with E-state index in [0.717, 1.165) is 0 Å². The fourth-order valence-corrected chi connectivity index (χ4v) is 1.54. The van der Waals surface area contributed by atoms with Crippen LogP contribution in [0.25, 0.3) is 0 Å². The van der Waals surface area contributed by atoms with Crippen LogP contribution in [0.2, 0.25) is 0 Å². The number of nitrogens with zero attached hydrogens (tertiary/aromatic N) is 1. The molecule has 16 heavy (non-hydrogen) atoms. The van der Waals surface area contributed by atoms with Crippen LogP contribution in [0.4, 0.5) is 0 Å². The number of piperazine rings is 1. The fraction of sp³-hybridized carbons (Fsp3) is 0.600. The molecule has 1 rings (SSSR count). The summed E-state index contributed by atoms with van der Waals surface area (Å²) in [5.74, 6) is -0.437. The number of carbonyl (C=O) groups is 2. The van der Waals surface area contributed by atoms with E-state index >= 15 is 0 Å². The Labute approximate surface area is 101 Å². The van der Waals surface area contributed by atoms with E-state index in [2.05, 4.69) is 16.6 Å². The lowest BCUT2D eigenvalue weighted by Gasteiger charge is -2.31. The van der Waals surface area contributed by atoms with Crippen LogP contribution in [0.15, 0.2) is 12.7 Å². The zero-order valence-corrected chi connectivity index (χ0v) is 10.1. The smallest absolute Gasteiger partial charge is 0.307 e. The summed E-state index contributed by atoms with van der Waals surface area (Å²) in [5, 5.41) is 3.00. The normalized spacial score (nSPS) is 19.9. The van der Waals surface area contributed by atoms with Crippen molar-refractivity contribution < 1.29 is 14.3 Å². The van der Waals surface area contributed by atoms with Crippen molar-refractivity contribution in [1.82, 2.24) is 10.2 Å². The Hall–Kier alpha value is -1.07. The van der Waals surface area contributed by atoms with Crippen LogP contribution >= 0.6 is 12.4 Å². The summed E-state index contributed by atoms with van der Waals surface area (Å²) in [7, 11) is 1.32. The van der Waals surface area contributed by atoms with Crippen molar-refractivity contribution in [3.63, 3.8) is 0 Å². The summed E-state index contributed by atoms with van der Waals surface area (Å²) in [6, 6.07) is -0.453. The van der Waals surface area contributed by atoms with E-state index in [-0.39, 0.29) is 30.7 Å². The molecule has 1 heterocycles. The van der Waals surface area contributed by atoms with Gasteiger partial charge in [0.25, 0.3) is 0 Å². The average molecular weight is 249 g/mol. The van der Waals surface area contributed by atoms with Crippen molar-refractivity contribution >= 4 is 24.3 Å². The molecule has 0 aromatic rings. The first-order chi connectivity index (χ1) is 7.19. The van der Waals surface area contributed by atoms with Crippen molar-refractivity contribution in [2.45, 2.75) is 12.5 Å². The number of rotatable bonds is 4. The number of nitrogens with one attached hydrogen (secondary N) is 1. The van der Waals surface area contributed by atoms with Crippen LogP contribution in [0.1, 0.15) is 6.42 Å². The van der Waals surface area contributed by atoms with Gasteiger partial charge < -0.3 is 15.0 Å². The Morgan fingerprint density at radius 3 is 3.00 bits per heavy atom. The summed E-state index contributed by atoms with van der Waals surface area (Å²) < 4.78 is 4.53. The van der Waals surface area contributed by atoms with Gasteiger partial charge in [-0.3, -0.25) is 9.59 Å². The molecule has 0 saturated carbocycles. The van der Waals surface area contributed by atoms with Gasteiger partial charge in [-0.25, -0.2) is 0 Å². The van der Waals surface area contributed by atoms with Crippen LogP contribution in [0.3, 0.4) is 0 Å². The summed E-state index contributed by atoms with van der Waals surface area (Å²) in [4.78, 5) is 24.5. The maximum atomic E-state index is 11.8. The van der Waals surface area contributed by atoms with Crippen LogP contribution in [-0.2, 0) is 14.3 Å². The Balaban J connectivity index is 0.00000225. The molecule has 6 heteroatoms. The predicted octanol–water partition coefficient (Wildman–Crippen LogP) is -0.0423. The highest BCUT2D eigenvalue weighted by Gasteiger charge is 2.29. The second-order valence-corrected chi connectivity index (χ2v) is 3.36. The highest BCUT2D eigenvalue weighted by atomic mass is 35.5. The molecular weight excluding hydrogens is 232 g/mol. The van der Waals surface area contributed by atoms with Gasteiger partial charge in [0.1, 0.15) is 0 Å². The molecule has 1 atom stereocenters. The Morgan fingerprint density at radius 1 is 1.75 bits per heavy atom. The van der Waals surface area contributed by atoms with Gasteiger partial charge in [0.05, 0.1) is 19.6 Å². The van der Waals surface area contributed by atoms with Gasteiger partial charge in [-0.15, -0.1) is 19.0 Å². The third-order valence-electron chi connectivity index (χ3n) is 2.33. The maximum Gasteiger partial charge on any atom is 0.307 e. The van der Waals surface area contributed by atoms with E-state index in [1.807, 2.05) is 0 Å². The third-order valence-corrected chi connectivity index (χ3v) is 2.33. The SMILES string of the molecule is C=CCN1CCNC(CC(=O)OC)C1=O.Cl. The van der Waals surface area contributed by atoms with E-state index in [1.165, 1.54) is 7.11 Å². The largest absolute Gasteiger partial charge is 0.469 e. The molecule has 5 nitrogen and oxygen atoms in total. The molecular formula is C10H17ClN2O3. The number of carbonyl (C=O) groups excluding carboxylic acids is 2. The molecule has 1 saturated heterocycles. The summed E-state index contributed by atoms with van der Waals surface area (Å²) in [6.07, 6.45) is 1.77. The highest BCUT2D eigenvalue weighted by Crippen LogP contribution is 2.05. The summed E-state index contributed by atoms with van der Waals surface area (Å²) in [6.45, 7) is 5.46. The molecule has 0 aromatic carbocycles. The van der Waals surface area contributed by atoms with Crippen molar-refractivity contribution in [2.24, 2.45) is 0 Å². The Bertz CT molecular complexity index is 271. The lowest BCUT2D eigenvalue weighted by molar-refractivity contribution is -0.146. The minimum atomic E-state index is -0.453. The van der Waals surface area contributed by atoms with Crippen molar-refractivity contribution in [3.05, 3.63) is 12.7 Å². The second kappa shape index (κ2) is 7.24. The first-order valence-corrected chi connectivity index (χ1v) is 4.89. The molecule has 1 unspecified atom stereocenters. The summed E-state index contributed by atoms with van der Waals surface area (Å²) >= 11 is 0. The quantitative estimate of drug-likeness (QED) is 0.560. The molecule has 92 valence electrons. The van der Waals surface area contributed by atoms with Gasteiger partial charge >= 0.3 is 5.97 Å². The van der Waals surface area contributed by atoms with Gasteiger partial charge in [-0.05, 0) is 0 Å². The van der Waals surface area contributed by atoms with E-state index in [4.69, 9.17) is 0 Å². The van der Waals surface area contributed by atoms with Crippen molar-refractivity contribution in [3.8, 4) is 0 Å². The van der Waals surface area contributed by atoms with Gasteiger partial charge in [0, 0.05) is 19.6 Å². The first kappa shape index (κ1) is 14.9. The summed E-state index contributed by atoms with van der Waals surface area (Å²) in [5.41, 5.74) is 0. The van der Waals surface area contributed by atoms with Crippen molar-refractivity contribution in [1.29, 1.82) is 0 Å². The minimum Gasteiger partial charge on any atom is -0.469 e. The first-order valence-electron chi connectivity index (χ1n) is 4.89. The Kier molecular flexibility index (Phi) is 6.76. The van der Waals surface area contributed by atoms with Crippen LogP contribution in [-0.4, -0.2) is 49.6 Å². The standard InChI is InChI=1S/C10H16N2O3.ClH/c1-3-5-12-6-4-11-8(10(12)14)7-9(13)15-2;/h3,8,11H,1,4-7H2,2H3;1H. The molecule has 0 spiro atoms. The zero-order valence-electron chi connectivity index (χ0n) is 9.27. The number of ether oxygens (including phenoxy) is 1. The predicted molar refractivity (Wildman–Crippen MR) is 62.4 cm³/mol. The van der Waals surface area contributed by atoms with Gasteiger partial charge in [0.2, 0.25) is 5.91 Å². The Morgan fingerprint density at radius 2 is 2.44 bits per heavy atom. The van der Waals surface area contributed by atoms with Gasteiger partial charge in [-0.2, -0.15) is 0 Å². The van der Waals surface area contributed by atoms with E-state index < -0.39 is 6.04 Å². The fourth-order valence-electron chi connectivity index (χ4n) is 1.54. The van der Waals surface area contributed by atoms with Gasteiger partial charge in [0.15, 0.2) is 0 Å². The monoisotopic (exact) mass is 248 g/mol. The molecule has 1 aliphatic heterocycles. The number of hydrogen-bond donors (Lipinski definition) is 1. The van der Waals surface area contributed by atoms with Crippen LogP contribution < -0.4 is 5.32 Å².